The van der Waals surface area contributed by atoms with Crippen LogP contribution in [0.5, 0.6) is 0 Å². The van der Waals surface area contributed by atoms with Crippen LogP contribution in [0.3, 0.4) is 0 Å². The van der Waals surface area contributed by atoms with Crippen LogP contribution in [0.25, 0.3) is 0 Å². The summed E-state index contributed by atoms with van der Waals surface area (Å²) in [5.74, 6) is -0.656. The first kappa shape index (κ1) is 24.0. The van der Waals surface area contributed by atoms with Gasteiger partial charge >= 0.3 is 0 Å². The number of carbonyl (C=O) groups excluding carboxylic acids is 1. The second-order valence-electron chi connectivity index (χ2n) is 7.34. The smallest absolute Gasteiger partial charge is 0.270 e. The van der Waals surface area contributed by atoms with Gasteiger partial charge in [0.05, 0.1) is 31.8 Å². The summed E-state index contributed by atoms with van der Waals surface area (Å²) in [6, 6.07) is 8.26. The highest BCUT2D eigenvalue weighted by Gasteiger charge is 2.26. The fourth-order valence-corrected chi connectivity index (χ4v) is 5.40. The third kappa shape index (κ3) is 4.87. The number of rotatable bonds is 8. The van der Waals surface area contributed by atoms with Crippen molar-refractivity contribution < 1.29 is 18.1 Å². The number of hydrogen-bond donors (Lipinski definition) is 1. The van der Waals surface area contributed by atoms with Crippen LogP contribution in [0.15, 0.2) is 41.3 Å². The lowest BCUT2D eigenvalue weighted by atomic mass is 10.1. The third-order valence-corrected chi connectivity index (χ3v) is 7.79. The minimum atomic E-state index is -3.74. The van der Waals surface area contributed by atoms with Crippen molar-refractivity contribution in [2.75, 3.05) is 36.4 Å². The van der Waals surface area contributed by atoms with Crippen LogP contribution in [-0.2, 0) is 10.0 Å². The molecule has 32 heavy (non-hydrogen) atoms. The molecule has 1 N–H and O–H groups in total. The van der Waals surface area contributed by atoms with Crippen molar-refractivity contribution in [1.29, 1.82) is 0 Å². The number of nitrogens with zero attached hydrogens (tertiary/aromatic N) is 3. The van der Waals surface area contributed by atoms with E-state index in [9.17, 15) is 23.3 Å². The fraction of sp³-hybridized carbons (Fsp3) is 0.381. The number of nitro groups is 1. The Kier molecular flexibility index (Phi) is 7.37. The Bertz CT molecular complexity index is 1130. The van der Waals surface area contributed by atoms with E-state index in [0.717, 1.165) is 32.0 Å². The number of halogens is 1. The van der Waals surface area contributed by atoms with Crippen molar-refractivity contribution in [2.45, 2.75) is 31.6 Å². The van der Waals surface area contributed by atoms with Gasteiger partial charge in [-0.15, -0.1) is 0 Å². The Balaban J connectivity index is 2.04. The monoisotopic (exact) mass is 480 g/mol. The number of amides is 1. The minimum Gasteiger partial charge on any atom is -0.370 e. The second-order valence-corrected chi connectivity index (χ2v) is 9.68. The summed E-state index contributed by atoms with van der Waals surface area (Å²) in [6.45, 7) is 5.71. The predicted molar refractivity (Wildman–Crippen MR) is 124 cm³/mol. The number of nitrogens with one attached hydrogen (secondary N) is 1. The van der Waals surface area contributed by atoms with Crippen LogP contribution < -0.4 is 10.2 Å². The molecule has 0 unspecified atom stereocenters. The molecule has 0 radical (unpaired) electrons. The molecule has 0 atom stereocenters. The van der Waals surface area contributed by atoms with E-state index in [4.69, 9.17) is 11.6 Å². The average Bonchev–Trinajstić information content (AvgIpc) is 3.29. The van der Waals surface area contributed by atoms with Crippen LogP contribution in [0, 0.1) is 10.1 Å². The molecule has 1 heterocycles. The van der Waals surface area contributed by atoms with Gasteiger partial charge in [-0.25, -0.2) is 8.42 Å². The van der Waals surface area contributed by atoms with Crippen LogP contribution >= 0.6 is 11.6 Å². The first-order valence-corrected chi connectivity index (χ1v) is 12.1. The molecule has 1 fully saturated rings. The van der Waals surface area contributed by atoms with Crippen molar-refractivity contribution in [2.24, 2.45) is 0 Å². The van der Waals surface area contributed by atoms with E-state index in [1.165, 1.54) is 28.6 Å². The second kappa shape index (κ2) is 9.85. The van der Waals surface area contributed by atoms with Crippen molar-refractivity contribution in [3.63, 3.8) is 0 Å². The molecule has 1 aliphatic rings. The lowest BCUT2D eigenvalue weighted by molar-refractivity contribution is -0.384. The van der Waals surface area contributed by atoms with E-state index >= 15 is 0 Å². The standard InChI is InChI=1S/C21H25ClN4O5S/c1-3-25(4-2)32(30,31)16-8-10-20(24-11-5-6-12-24)19(14-16)23-21(27)17-13-15(26(28)29)7-9-18(17)22/h7-10,13-14H,3-6,11-12H2,1-2H3,(H,23,27). The molecule has 0 aliphatic carbocycles. The maximum Gasteiger partial charge on any atom is 0.270 e. The van der Waals surface area contributed by atoms with E-state index in [1.807, 2.05) is 0 Å². The Labute approximate surface area is 192 Å². The Morgan fingerprint density at radius 1 is 1.16 bits per heavy atom. The number of carbonyl (C=O) groups is 1. The molecule has 0 saturated carbocycles. The number of benzene rings is 2. The van der Waals surface area contributed by atoms with Gasteiger partial charge in [0.25, 0.3) is 11.6 Å². The topological polar surface area (TPSA) is 113 Å². The summed E-state index contributed by atoms with van der Waals surface area (Å²) in [5, 5.41) is 13.9. The van der Waals surface area contributed by atoms with E-state index in [-0.39, 0.29) is 21.2 Å². The Hall–Kier alpha value is -2.69. The summed E-state index contributed by atoms with van der Waals surface area (Å²) in [7, 11) is -3.74. The fourth-order valence-electron chi connectivity index (χ4n) is 3.71. The molecular weight excluding hydrogens is 456 g/mol. The van der Waals surface area contributed by atoms with Gasteiger partial charge in [-0.05, 0) is 37.1 Å². The summed E-state index contributed by atoms with van der Waals surface area (Å²) in [6.07, 6.45) is 1.98. The zero-order chi connectivity index (χ0) is 23.5. The molecule has 0 aromatic heterocycles. The highest BCUT2D eigenvalue weighted by molar-refractivity contribution is 7.89. The number of sulfonamides is 1. The predicted octanol–water partition coefficient (Wildman–Crippen LogP) is 4.13. The van der Waals surface area contributed by atoms with Crippen molar-refractivity contribution in [3.8, 4) is 0 Å². The molecule has 0 bridgehead atoms. The first-order valence-electron chi connectivity index (χ1n) is 10.3. The molecule has 0 spiro atoms. The maximum atomic E-state index is 13.0. The number of hydrogen-bond acceptors (Lipinski definition) is 6. The first-order chi connectivity index (χ1) is 15.2. The highest BCUT2D eigenvalue weighted by Crippen LogP contribution is 2.33. The number of non-ortho nitro benzene ring substituents is 1. The number of anilines is 2. The van der Waals surface area contributed by atoms with Gasteiger partial charge in [-0.1, -0.05) is 25.4 Å². The lowest BCUT2D eigenvalue weighted by Gasteiger charge is -2.24. The molecule has 172 valence electrons. The SMILES string of the molecule is CCN(CC)S(=O)(=O)c1ccc(N2CCCC2)c(NC(=O)c2cc([N+](=O)[O-])ccc2Cl)c1. The van der Waals surface area contributed by atoms with Gasteiger partial charge in [0.1, 0.15) is 0 Å². The van der Waals surface area contributed by atoms with Crippen LogP contribution in [-0.4, -0.2) is 49.7 Å². The third-order valence-electron chi connectivity index (χ3n) is 5.41. The normalized spacial score (nSPS) is 14.1. The van der Waals surface area contributed by atoms with Crippen LogP contribution in [0.4, 0.5) is 17.1 Å². The Morgan fingerprint density at radius 3 is 2.41 bits per heavy atom. The molecule has 1 saturated heterocycles. The van der Waals surface area contributed by atoms with Crippen molar-refractivity contribution in [3.05, 3.63) is 57.1 Å². The van der Waals surface area contributed by atoms with E-state index in [1.54, 1.807) is 19.9 Å². The summed E-state index contributed by atoms with van der Waals surface area (Å²) in [5.41, 5.74) is 0.672. The molecule has 1 aliphatic heterocycles. The van der Waals surface area contributed by atoms with Gasteiger partial charge in [0, 0.05) is 38.3 Å². The van der Waals surface area contributed by atoms with Crippen molar-refractivity contribution >= 4 is 44.6 Å². The molecule has 3 rings (SSSR count). The van der Waals surface area contributed by atoms with Gasteiger partial charge < -0.3 is 10.2 Å². The van der Waals surface area contributed by atoms with Crippen molar-refractivity contribution in [1.82, 2.24) is 4.31 Å². The summed E-state index contributed by atoms with van der Waals surface area (Å²) < 4.78 is 27.4. The summed E-state index contributed by atoms with van der Waals surface area (Å²) >= 11 is 6.12. The minimum absolute atomic E-state index is 0.0581. The molecular formula is C21H25ClN4O5S. The largest absolute Gasteiger partial charge is 0.370 e. The van der Waals surface area contributed by atoms with Crippen LogP contribution in [0.2, 0.25) is 5.02 Å². The van der Waals surface area contributed by atoms with E-state index in [0.29, 0.717) is 24.5 Å². The average molecular weight is 481 g/mol. The lowest BCUT2D eigenvalue weighted by Crippen LogP contribution is -2.31. The Morgan fingerprint density at radius 2 is 1.81 bits per heavy atom. The van der Waals surface area contributed by atoms with E-state index in [2.05, 4.69) is 10.2 Å². The molecule has 11 heteroatoms. The molecule has 1 amide bonds. The van der Waals surface area contributed by atoms with Gasteiger partial charge in [-0.3, -0.25) is 14.9 Å². The maximum absolute atomic E-state index is 13.0. The highest BCUT2D eigenvalue weighted by atomic mass is 35.5. The zero-order valence-corrected chi connectivity index (χ0v) is 19.4. The molecule has 2 aromatic rings. The van der Waals surface area contributed by atoms with E-state index < -0.39 is 20.9 Å². The summed E-state index contributed by atoms with van der Waals surface area (Å²) in [4.78, 5) is 25.6. The quantitative estimate of drug-likeness (QED) is 0.449. The van der Waals surface area contributed by atoms with Crippen LogP contribution in [0.1, 0.15) is 37.0 Å². The molecule has 9 nitrogen and oxygen atoms in total. The van der Waals surface area contributed by atoms with Gasteiger partial charge in [-0.2, -0.15) is 4.31 Å². The molecule has 2 aromatic carbocycles. The zero-order valence-electron chi connectivity index (χ0n) is 17.9. The van der Waals surface area contributed by atoms with Gasteiger partial charge in [0.15, 0.2) is 0 Å². The van der Waals surface area contributed by atoms with Gasteiger partial charge in [0.2, 0.25) is 10.0 Å². The number of nitro benzene ring substituents is 1.